The van der Waals surface area contributed by atoms with Crippen LogP contribution in [0, 0.1) is 0 Å². The first kappa shape index (κ1) is 21.4. The van der Waals surface area contributed by atoms with Gasteiger partial charge >= 0.3 is 5.97 Å². The summed E-state index contributed by atoms with van der Waals surface area (Å²) < 4.78 is 35.5. The number of hydrogen-bond acceptors (Lipinski definition) is 4. The average molecular weight is 443 g/mol. The first-order valence-corrected chi connectivity index (χ1v) is 11.8. The van der Waals surface area contributed by atoms with Crippen molar-refractivity contribution in [2.75, 3.05) is 13.1 Å². The molecule has 1 fully saturated rings. The van der Waals surface area contributed by atoms with E-state index in [-0.39, 0.29) is 22.6 Å². The van der Waals surface area contributed by atoms with Gasteiger partial charge in [0.15, 0.2) is 0 Å². The molecule has 1 saturated heterocycles. The molecule has 4 rings (SSSR count). The van der Waals surface area contributed by atoms with E-state index in [9.17, 15) is 18.3 Å². The number of piperidine rings is 1. The molecule has 0 amide bonds. The van der Waals surface area contributed by atoms with Crippen molar-refractivity contribution in [3.8, 4) is 5.75 Å². The van der Waals surface area contributed by atoms with Crippen LogP contribution in [0.1, 0.15) is 43.1 Å². The zero-order chi connectivity index (χ0) is 22.2. The first-order chi connectivity index (χ1) is 14.8. The van der Waals surface area contributed by atoms with Gasteiger partial charge in [-0.15, -0.1) is 0 Å². The number of benzene rings is 2. The molecule has 0 radical (unpaired) electrons. The fourth-order valence-electron chi connectivity index (χ4n) is 4.15. The highest BCUT2D eigenvalue weighted by molar-refractivity contribution is 7.89. The number of fused-ring (bicyclic) bond motifs is 1. The summed E-state index contributed by atoms with van der Waals surface area (Å²) in [5.41, 5.74) is 1.04. The molecule has 1 atom stereocenters. The number of carbonyl (C=O) groups is 1. The van der Waals surface area contributed by atoms with E-state index in [1.165, 1.54) is 4.31 Å². The van der Waals surface area contributed by atoms with E-state index in [0.717, 1.165) is 11.9 Å². The van der Waals surface area contributed by atoms with Gasteiger partial charge in [0.05, 0.1) is 16.6 Å². The molecule has 0 bridgehead atoms. The molecule has 2 heterocycles. The molecular weight excluding hydrogens is 416 g/mol. The van der Waals surface area contributed by atoms with Crippen LogP contribution in [0.3, 0.4) is 0 Å². The molecule has 1 aliphatic heterocycles. The molecule has 3 aromatic rings. The Labute approximate surface area is 181 Å². The van der Waals surface area contributed by atoms with Gasteiger partial charge in [-0.2, -0.15) is 4.31 Å². The molecule has 2 aromatic carbocycles. The van der Waals surface area contributed by atoms with Crippen LogP contribution in [-0.2, 0) is 10.0 Å². The summed E-state index contributed by atoms with van der Waals surface area (Å²) in [6.45, 7) is 4.57. The second kappa shape index (κ2) is 8.36. The summed E-state index contributed by atoms with van der Waals surface area (Å²) in [6, 6.07) is 13.7. The number of para-hydroxylation sites is 1. The van der Waals surface area contributed by atoms with Gasteiger partial charge in [0.1, 0.15) is 5.75 Å². The Bertz CT molecular complexity index is 1200. The van der Waals surface area contributed by atoms with E-state index >= 15 is 0 Å². The van der Waals surface area contributed by atoms with Crippen LogP contribution >= 0.6 is 0 Å². The molecule has 1 unspecified atom stereocenters. The smallest absolute Gasteiger partial charge is 0.337 e. The van der Waals surface area contributed by atoms with Crippen LogP contribution in [-0.4, -0.2) is 47.6 Å². The minimum absolute atomic E-state index is 0.0115. The fourth-order valence-corrected chi connectivity index (χ4v) is 5.67. The van der Waals surface area contributed by atoms with Crippen LogP contribution in [0.25, 0.3) is 10.9 Å². The lowest BCUT2D eigenvalue weighted by molar-refractivity contribution is 0.0698. The number of ether oxygens (including phenoxy) is 1. The zero-order valence-electron chi connectivity index (χ0n) is 17.6. The number of nitrogens with zero attached hydrogens (tertiary/aromatic N) is 2. The summed E-state index contributed by atoms with van der Waals surface area (Å²) in [6.07, 6.45) is 3.13. The lowest BCUT2D eigenvalue weighted by Gasteiger charge is -2.33. The quantitative estimate of drug-likeness (QED) is 0.619. The van der Waals surface area contributed by atoms with Crippen molar-refractivity contribution in [2.45, 2.75) is 43.7 Å². The molecule has 1 aliphatic rings. The van der Waals surface area contributed by atoms with Crippen molar-refractivity contribution in [1.82, 2.24) is 8.87 Å². The molecule has 31 heavy (non-hydrogen) atoms. The SMILES string of the molecule is CC(C)Oc1ccc(S(=O)(=O)N2CCCC(n3cc(C(=O)O)c4ccccc43)C2)cc1. The predicted octanol–water partition coefficient (Wildman–Crippen LogP) is 4.15. The van der Waals surface area contributed by atoms with Crippen molar-refractivity contribution in [3.63, 3.8) is 0 Å². The number of rotatable bonds is 6. The van der Waals surface area contributed by atoms with Gasteiger partial charge in [0.25, 0.3) is 0 Å². The highest BCUT2D eigenvalue weighted by Gasteiger charge is 2.32. The lowest BCUT2D eigenvalue weighted by Crippen LogP contribution is -2.40. The van der Waals surface area contributed by atoms with Crippen molar-refractivity contribution >= 4 is 26.9 Å². The second-order valence-electron chi connectivity index (χ2n) is 8.07. The topological polar surface area (TPSA) is 88.8 Å². The molecule has 7 nitrogen and oxygen atoms in total. The van der Waals surface area contributed by atoms with E-state index in [2.05, 4.69) is 0 Å². The molecule has 1 N–H and O–H groups in total. The maximum atomic E-state index is 13.3. The molecule has 164 valence electrons. The van der Waals surface area contributed by atoms with E-state index in [0.29, 0.717) is 30.6 Å². The lowest BCUT2D eigenvalue weighted by atomic mass is 10.1. The minimum Gasteiger partial charge on any atom is -0.491 e. The third-order valence-corrected chi connectivity index (χ3v) is 7.44. The van der Waals surface area contributed by atoms with Crippen LogP contribution in [0.15, 0.2) is 59.6 Å². The Kier molecular flexibility index (Phi) is 5.77. The molecular formula is C23H26N2O5S. The van der Waals surface area contributed by atoms with E-state index in [1.807, 2.05) is 36.6 Å². The average Bonchev–Trinajstić information content (AvgIpc) is 3.14. The summed E-state index contributed by atoms with van der Waals surface area (Å²) in [5, 5.41) is 10.2. The number of aromatic carboxylic acids is 1. The van der Waals surface area contributed by atoms with Crippen molar-refractivity contribution < 1.29 is 23.1 Å². The normalized spacial score (nSPS) is 17.8. The Balaban J connectivity index is 1.62. The van der Waals surface area contributed by atoms with E-state index in [4.69, 9.17) is 4.74 Å². The number of hydrogen-bond donors (Lipinski definition) is 1. The molecule has 0 aliphatic carbocycles. The summed E-state index contributed by atoms with van der Waals surface area (Å²) in [5.74, 6) is -0.357. The standard InChI is InChI=1S/C23H26N2O5S/c1-16(2)30-18-9-11-19(12-10-18)31(28,29)24-13-5-6-17(14-24)25-15-21(23(26)27)20-7-3-4-8-22(20)25/h3-4,7-12,15-17H,5-6,13-14H2,1-2H3,(H,26,27). The number of carboxylic acids is 1. The first-order valence-electron chi connectivity index (χ1n) is 10.4. The minimum atomic E-state index is -3.66. The summed E-state index contributed by atoms with van der Waals surface area (Å²) >= 11 is 0. The summed E-state index contributed by atoms with van der Waals surface area (Å²) in [4.78, 5) is 11.9. The van der Waals surface area contributed by atoms with Crippen LogP contribution in [0.5, 0.6) is 5.75 Å². The van der Waals surface area contributed by atoms with E-state index in [1.54, 1.807) is 36.5 Å². The second-order valence-corrected chi connectivity index (χ2v) is 10.0. The number of sulfonamides is 1. The predicted molar refractivity (Wildman–Crippen MR) is 118 cm³/mol. The van der Waals surface area contributed by atoms with Gasteiger partial charge in [0, 0.05) is 36.2 Å². The van der Waals surface area contributed by atoms with Gasteiger partial charge < -0.3 is 14.4 Å². The van der Waals surface area contributed by atoms with Crippen molar-refractivity contribution in [2.24, 2.45) is 0 Å². The van der Waals surface area contributed by atoms with Crippen LogP contribution < -0.4 is 4.74 Å². The summed E-state index contributed by atoms with van der Waals surface area (Å²) in [7, 11) is -3.66. The zero-order valence-corrected chi connectivity index (χ0v) is 18.4. The Morgan fingerprint density at radius 2 is 1.84 bits per heavy atom. The molecule has 0 saturated carbocycles. The number of aromatic nitrogens is 1. The monoisotopic (exact) mass is 442 g/mol. The van der Waals surface area contributed by atoms with E-state index < -0.39 is 16.0 Å². The molecule has 1 aromatic heterocycles. The Morgan fingerprint density at radius 3 is 2.52 bits per heavy atom. The third kappa shape index (κ3) is 4.18. The van der Waals surface area contributed by atoms with Gasteiger partial charge in [-0.25, -0.2) is 13.2 Å². The maximum absolute atomic E-state index is 13.3. The highest BCUT2D eigenvalue weighted by atomic mass is 32.2. The molecule has 0 spiro atoms. The number of carboxylic acid groups (broad SMARTS) is 1. The van der Waals surface area contributed by atoms with Gasteiger partial charge in [-0.1, -0.05) is 18.2 Å². The highest BCUT2D eigenvalue weighted by Crippen LogP contribution is 2.32. The van der Waals surface area contributed by atoms with Gasteiger partial charge in [-0.3, -0.25) is 0 Å². The Hall–Kier alpha value is -2.84. The maximum Gasteiger partial charge on any atom is 0.337 e. The largest absolute Gasteiger partial charge is 0.491 e. The third-order valence-electron chi connectivity index (χ3n) is 5.56. The van der Waals surface area contributed by atoms with Crippen molar-refractivity contribution in [3.05, 3.63) is 60.3 Å². The van der Waals surface area contributed by atoms with Gasteiger partial charge in [-0.05, 0) is 57.0 Å². The van der Waals surface area contributed by atoms with Gasteiger partial charge in [0.2, 0.25) is 10.0 Å². The van der Waals surface area contributed by atoms with Crippen LogP contribution in [0.4, 0.5) is 0 Å². The molecule has 8 heteroatoms. The van der Waals surface area contributed by atoms with Crippen molar-refractivity contribution in [1.29, 1.82) is 0 Å². The Morgan fingerprint density at radius 1 is 1.13 bits per heavy atom. The fraction of sp³-hybridized carbons (Fsp3) is 0.348. The van der Waals surface area contributed by atoms with Crippen LogP contribution in [0.2, 0.25) is 0 Å².